The molecule has 0 aliphatic carbocycles. The minimum Gasteiger partial charge on any atom is -0.370 e. The van der Waals surface area contributed by atoms with Crippen LogP contribution >= 0.6 is 15.9 Å². The molecule has 1 aromatic heterocycles. The molecule has 2 heterocycles. The molecular weight excluding hydrogens is 362 g/mol. The maximum atomic E-state index is 5.00. The van der Waals surface area contributed by atoms with Gasteiger partial charge in [0, 0.05) is 22.1 Å². The van der Waals surface area contributed by atoms with Gasteiger partial charge in [0.2, 0.25) is 0 Å². The van der Waals surface area contributed by atoms with Crippen molar-refractivity contribution in [2.24, 2.45) is 0 Å². The van der Waals surface area contributed by atoms with Gasteiger partial charge in [-0.15, -0.1) is 0 Å². The fourth-order valence-electron chi connectivity index (χ4n) is 3.32. The molecule has 0 saturated carbocycles. The van der Waals surface area contributed by atoms with E-state index in [0.29, 0.717) is 0 Å². The third kappa shape index (κ3) is 2.75. The van der Waals surface area contributed by atoms with Crippen molar-refractivity contribution in [1.82, 2.24) is 9.78 Å². The van der Waals surface area contributed by atoms with Crippen LogP contribution in [0.15, 0.2) is 53.0 Å². The van der Waals surface area contributed by atoms with Gasteiger partial charge in [0.1, 0.15) is 5.82 Å². The van der Waals surface area contributed by atoms with E-state index in [2.05, 4.69) is 75.3 Å². The number of nitrogens with zero attached hydrogens (tertiary/aromatic N) is 2. The number of benzene rings is 2. The molecule has 3 aromatic rings. The Hall–Kier alpha value is -2.07. The molecule has 4 rings (SSSR count). The Bertz CT molecular complexity index is 882. The summed E-state index contributed by atoms with van der Waals surface area (Å²) >= 11 is 3.69. The first-order chi connectivity index (χ1) is 11.7. The zero-order valence-electron chi connectivity index (χ0n) is 13.7. The molecule has 0 bridgehead atoms. The highest BCUT2D eigenvalue weighted by Gasteiger charge is 2.22. The SMILES string of the molecule is Cc1cccc(-n2nc(-c3ccccc3Br)c3c2NCCCC3)c1. The van der Waals surface area contributed by atoms with Gasteiger partial charge in [0.25, 0.3) is 0 Å². The number of hydrogen-bond donors (Lipinski definition) is 1. The van der Waals surface area contributed by atoms with Crippen LogP contribution in [0.3, 0.4) is 0 Å². The van der Waals surface area contributed by atoms with Gasteiger partial charge in [-0.25, -0.2) is 4.68 Å². The van der Waals surface area contributed by atoms with E-state index in [0.717, 1.165) is 40.2 Å². The topological polar surface area (TPSA) is 29.9 Å². The van der Waals surface area contributed by atoms with Crippen LogP contribution in [0.1, 0.15) is 24.0 Å². The Morgan fingerprint density at radius 2 is 1.96 bits per heavy atom. The van der Waals surface area contributed by atoms with E-state index in [1.807, 2.05) is 6.07 Å². The summed E-state index contributed by atoms with van der Waals surface area (Å²) < 4.78 is 3.16. The molecule has 0 atom stereocenters. The Morgan fingerprint density at radius 1 is 1.08 bits per heavy atom. The Balaban J connectivity index is 1.94. The highest BCUT2D eigenvalue weighted by Crippen LogP contribution is 2.36. The molecule has 0 unspecified atom stereocenters. The van der Waals surface area contributed by atoms with Crippen LogP contribution in [0.4, 0.5) is 5.82 Å². The molecule has 24 heavy (non-hydrogen) atoms. The Labute approximate surface area is 150 Å². The average Bonchev–Trinajstić information content (AvgIpc) is 2.77. The lowest BCUT2D eigenvalue weighted by atomic mass is 10.0. The number of hydrogen-bond acceptors (Lipinski definition) is 2. The first kappa shape index (κ1) is 15.5. The molecule has 0 spiro atoms. The largest absolute Gasteiger partial charge is 0.370 e. The smallest absolute Gasteiger partial charge is 0.133 e. The van der Waals surface area contributed by atoms with Crippen LogP contribution in [-0.2, 0) is 6.42 Å². The van der Waals surface area contributed by atoms with Gasteiger partial charge in [-0.2, -0.15) is 5.10 Å². The maximum absolute atomic E-state index is 5.00. The van der Waals surface area contributed by atoms with Gasteiger partial charge in [0.15, 0.2) is 0 Å². The molecule has 2 aromatic carbocycles. The number of aromatic nitrogens is 2. The maximum Gasteiger partial charge on any atom is 0.133 e. The Kier molecular flexibility index (Phi) is 4.15. The summed E-state index contributed by atoms with van der Waals surface area (Å²) in [6.45, 7) is 3.12. The monoisotopic (exact) mass is 381 g/mol. The minimum absolute atomic E-state index is 1.000. The summed E-state index contributed by atoms with van der Waals surface area (Å²) in [5.74, 6) is 1.14. The molecule has 1 aliphatic heterocycles. The molecule has 122 valence electrons. The number of anilines is 1. The minimum atomic E-state index is 1.000. The molecule has 3 nitrogen and oxygen atoms in total. The molecular formula is C20H20BrN3. The molecule has 1 N–H and O–H groups in total. The van der Waals surface area contributed by atoms with Crippen LogP contribution in [0.2, 0.25) is 0 Å². The van der Waals surface area contributed by atoms with Crippen molar-refractivity contribution in [3.8, 4) is 16.9 Å². The van der Waals surface area contributed by atoms with Crippen LogP contribution in [0, 0.1) is 6.92 Å². The predicted molar refractivity (Wildman–Crippen MR) is 103 cm³/mol. The summed E-state index contributed by atoms with van der Waals surface area (Å²) in [6, 6.07) is 16.8. The van der Waals surface area contributed by atoms with E-state index in [9.17, 15) is 0 Å². The summed E-state index contributed by atoms with van der Waals surface area (Å²) in [6.07, 6.45) is 3.44. The van der Waals surface area contributed by atoms with Crippen molar-refractivity contribution in [3.63, 3.8) is 0 Å². The number of halogens is 1. The zero-order valence-corrected chi connectivity index (χ0v) is 15.3. The average molecular weight is 382 g/mol. The predicted octanol–water partition coefficient (Wildman–Crippen LogP) is 5.36. The van der Waals surface area contributed by atoms with E-state index < -0.39 is 0 Å². The van der Waals surface area contributed by atoms with Crippen molar-refractivity contribution in [2.75, 3.05) is 11.9 Å². The van der Waals surface area contributed by atoms with Gasteiger partial charge in [0.05, 0.1) is 11.4 Å². The molecule has 0 fully saturated rings. The van der Waals surface area contributed by atoms with Crippen LogP contribution < -0.4 is 5.32 Å². The van der Waals surface area contributed by atoms with Crippen molar-refractivity contribution in [1.29, 1.82) is 0 Å². The van der Waals surface area contributed by atoms with Gasteiger partial charge in [-0.1, -0.05) is 46.3 Å². The summed E-state index contributed by atoms with van der Waals surface area (Å²) in [7, 11) is 0. The first-order valence-corrected chi connectivity index (χ1v) is 9.21. The van der Waals surface area contributed by atoms with Gasteiger partial charge < -0.3 is 5.32 Å². The summed E-state index contributed by atoms with van der Waals surface area (Å²) in [5.41, 5.74) is 5.91. The van der Waals surface area contributed by atoms with Gasteiger partial charge >= 0.3 is 0 Å². The second-order valence-corrected chi connectivity index (χ2v) is 7.14. The Morgan fingerprint density at radius 3 is 2.79 bits per heavy atom. The molecule has 0 amide bonds. The van der Waals surface area contributed by atoms with E-state index in [1.165, 1.54) is 24.0 Å². The van der Waals surface area contributed by atoms with E-state index in [-0.39, 0.29) is 0 Å². The van der Waals surface area contributed by atoms with E-state index in [1.54, 1.807) is 0 Å². The highest BCUT2D eigenvalue weighted by molar-refractivity contribution is 9.10. The quantitative estimate of drug-likeness (QED) is 0.647. The van der Waals surface area contributed by atoms with Crippen LogP contribution in [0.5, 0.6) is 0 Å². The second kappa shape index (κ2) is 6.44. The summed E-state index contributed by atoms with van der Waals surface area (Å²) in [5, 5.41) is 8.61. The van der Waals surface area contributed by atoms with Crippen molar-refractivity contribution >= 4 is 21.7 Å². The van der Waals surface area contributed by atoms with E-state index in [4.69, 9.17) is 5.10 Å². The molecule has 4 heteroatoms. The number of rotatable bonds is 2. The third-order valence-electron chi connectivity index (χ3n) is 4.50. The van der Waals surface area contributed by atoms with Crippen molar-refractivity contribution in [3.05, 3.63) is 64.1 Å². The molecule has 1 aliphatic rings. The van der Waals surface area contributed by atoms with Crippen molar-refractivity contribution in [2.45, 2.75) is 26.2 Å². The second-order valence-electron chi connectivity index (χ2n) is 6.29. The van der Waals surface area contributed by atoms with Crippen LogP contribution in [0.25, 0.3) is 16.9 Å². The molecule has 0 radical (unpaired) electrons. The number of aryl methyl sites for hydroxylation is 1. The zero-order chi connectivity index (χ0) is 16.5. The lowest BCUT2D eigenvalue weighted by Gasteiger charge is -2.09. The third-order valence-corrected chi connectivity index (χ3v) is 5.20. The lowest BCUT2D eigenvalue weighted by molar-refractivity contribution is 0.780. The fourth-order valence-corrected chi connectivity index (χ4v) is 3.79. The van der Waals surface area contributed by atoms with Gasteiger partial charge in [-0.05, 0) is 49.9 Å². The molecule has 0 saturated heterocycles. The summed E-state index contributed by atoms with van der Waals surface area (Å²) in [4.78, 5) is 0. The number of fused-ring (bicyclic) bond motifs is 1. The normalized spacial score (nSPS) is 13.9. The van der Waals surface area contributed by atoms with Crippen molar-refractivity contribution < 1.29 is 0 Å². The van der Waals surface area contributed by atoms with E-state index >= 15 is 0 Å². The number of nitrogens with one attached hydrogen (secondary N) is 1. The standard InChI is InChI=1S/C20H20BrN3/c1-14-7-6-8-15(13-14)24-20-17(10-4-5-12-22-20)19(23-24)16-9-2-3-11-18(16)21/h2-3,6-9,11,13,22H,4-5,10,12H2,1H3. The van der Waals surface area contributed by atoms with Gasteiger partial charge in [-0.3, -0.25) is 0 Å². The first-order valence-electron chi connectivity index (χ1n) is 8.42. The highest BCUT2D eigenvalue weighted by atomic mass is 79.9. The van der Waals surface area contributed by atoms with Crippen LogP contribution in [-0.4, -0.2) is 16.3 Å². The fraction of sp³-hybridized carbons (Fsp3) is 0.250. The lowest BCUT2D eigenvalue weighted by Crippen LogP contribution is -2.07.